The van der Waals surface area contributed by atoms with Gasteiger partial charge in [-0.3, -0.25) is 9.59 Å². The minimum absolute atomic E-state index is 0.134. The van der Waals surface area contributed by atoms with Crippen LogP contribution in [0, 0.1) is 0 Å². The molecule has 7 nitrogen and oxygen atoms in total. The molecule has 2 aromatic carbocycles. The van der Waals surface area contributed by atoms with Gasteiger partial charge in [-0.2, -0.15) is 0 Å². The molecule has 2 amide bonds. The zero-order valence-corrected chi connectivity index (χ0v) is 16.7. The van der Waals surface area contributed by atoms with Crippen LogP contribution in [-0.4, -0.2) is 28.5 Å². The van der Waals surface area contributed by atoms with E-state index in [4.69, 9.17) is 4.74 Å². The highest BCUT2D eigenvalue weighted by Crippen LogP contribution is 2.29. The van der Waals surface area contributed by atoms with Crippen LogP contribution in [0.15, 0.2) is 60.9 Å². The van der Waals surface area contributed by atoms with E-state index < -0.39 is 6.04 Å². The van der Waals surface area contributed by atoms with Gasteiger partial charge in [-0.15, -0.1) is 0 Å². The van der Waals surface area contributed by atoms with E-state index in [-0.39, 0.29) is 18.2 Å². The SMILES string of the molecule is COc1ccccc1C(NC(=O)Cc1ccc(NC(C)=O)cc1)c1nccn1C. The predicted octanol–water partition coefficient (Wildman–Crippen LogP) is 2.84. The summed E-state index contributed by atoms with van der Waals surface area (Å²) in [5.74, 6) is 1.12. The summed E-state index contributed by atoms with van der Waals surface area (Å²) >= 11 is 0. The Labute approximate surface area is 169 Å². The molecule has 0 saturated heterocycles. The van der Waals surface area contributed by atoms with Gasteiger partial charge in [0.2, 0.25) is 11.8 Å². The maximum Gasteiger partial charge on any atom is 0.225 e. The molecule has 1 unspecified atom stereocenters. The fraction of sp³-hybridized carbons (Fsp3) is 0.227. The van der Waals surface area contributed by atoms with E-state index in [1.807, 2.05) is 54.2 Å². The molecule has 0 aliphatic rings. The first-order valence-corrected chi connectivity index (χ1v) is 9.24. The van der Waals surface area contributed by atoms with Crippen molar-refractivity contribution in [1.82, 2.24) is 14.9 Å². The van der Waals surface area contributed by atoms with Crippen LogP contribution in [0.3, 0.4) is 0 Å². The number of amides is 2. The molecular formula is C22H24N4O3. The molecule has 0 aliphatic carbocycles. The van der Waals surface area contributed by atoms with Crippen molar-refractivity contribution >= 4 is 17.5 Å². The third-order valence-corrected chi connectivity index (χ3v) is 4.51. The Bertz CT molecular complexity index is 995. The van der Waals surface area contributed by atoms with Crippen LogP contribution in [0.5, 0.6) is 5.75 Å². The van der Waals surface area contributed by atoms with Crippen molar-refractivity contribution in [3.63, 3.8) is 0 Å². The molecule has 1 aromatic heterocycles. The smallest absolute Gasteiger partial charge is 0.225 e. The number of nitrogens with zero attached hydrogens (tertiary/aromatic N) is 2. The van der Waals surface area contributed by atoms with E-state index in [0.717, 1.165) is 11.1 Å². The second-order valence-electron chi connectivity index (χ2n) is 6.69. The summed E-state index contributed by atoms with van der Waals surface area (Å²) in [7, 11) is 3.49. The Morgan fingerprint density at radius 3 is 2.48 bits per heavy atom. The number of aryl methyl sites for hydroxylation is 1. The summed E-state index contributed by atoms with van der Waals surface area (Å²) in [5, 5.41) is 5.79. The predicted molar refractivity (Wildman–Crippen MR) is 111 cm³/mol. The zero-order valence-electron chi connectivity index (χ0n) is 16.7. The van der Waals surface area contributed by atoms with Crippen molar-refractivity contribution in [3.05, 3.63) is 77.9 Å². The van der Waals surface area contributed by atoms with Crippen LogP contribution in [0.25, 0.3) is 0 Å². The number of ether oxygens (including phenoxy) is 1. The van der Waals surface area contributed by atoms with Crippen molar-refractivity contribution in [1.29, 1.82) is 0 Å². The van der Waals surface area contributed by atoms with Crippen molar-refractivity contribution in [2.45, 2.75) is 19.4 Å². The van der Waals surface area contributed by atoms with Crippen LogP contribution >= 0.6 is 0 Å². The van der Waals surface area contributed by atoms with E-state index in [1.54, 1.807) is 25.4 Å². The van der Waals surface area contributed by atoms with Crippen LogP contribution < -0.4 is 15.4 Å². The number of imidazole rings is 1. The van der Waals surface area contributed by atoms with Gasteiger partial charge >= 0.3 is 0 Å². The third kappa shape index (κ3) is 5.01. The number of benzene rings is 2. The Morgan fingerprint density at radius 1 is 1.14 bits per heavy atom. The van der Waals surface area contributed by atoms with Gasteiger partial charge in [0, 0.05) is 37.6 Å². The normalized spacial score (nSPS) is 11.6. The standard InChI is InChI=1S/C22H24N4O3/c1-15(27)24-17-10-8-16(9-11-17)14-20(28)25-21(22-23-12-13-26(22)2)18-6-4-5-7-19(18)29-3/h4-13,21H,14H2,1-3H3,(H,24,27)(H,25,28). The topological polar surface area (TPSA) is 85.2 Å². The molecule has 3 rings (SSSR count). The fourth-order valence-electron chi connectivity index (χ4n) is 3.15. The molecule has 0 spiro atoms. The Kier molecular flexibility index (Phi) is 6.29. The van der Waals surface area contributed by atoms with Gasteiger partial charge in [0.05, 0.1) is 13.5 Å². The Morgan fingerprint density at radius 2 is 1.86 bits per heavy atom. The molecule has 7 heteroatoms. The summed E-state index contributed by atoms with van der Waals surface area (Å²) in [6.07, 6.45) is 3.74. The molecule has 1 heterocycles. The Hall–Kier alpha value is -3.61. The van der Waals surface area contributed by atoms with E-state index in [9.17, 15) is 9.59 Å². The second kappa shape index (κ2) is 9.05. The number of nitrogens with one attached hydrogen (secondary N) is 2. The summed E-state index contributed by atoms with van der Waals surface area (Å²) in [4.78, 5) is 28.4. The maximum atomic E-state index is 12.8. The van der Waals surface area contributed by atoms with Crippen molar-refractivity contribution in [3.8, 4) is 5.75 Å². The number of methoxy groups -OCH3 is 1. The van der Waals surface area contributed by atoms with Gasteiger partial charge in [0.1, 0.15) is 17.6 Å². The summed E-state index contributed by atoms with van der Waals surface area (Å²) < 4.78 is 7.36. The van der Waals surface area contributed by atoms with Crippen LogP contribution in [0.4, 0.5) is 5.69 Å². The highest BCUT2D eigenvalue weighted by atomic mass is 16.5. The summed E-state index contributed by atoms with van der Waals surface area (Å²) in [6, 6.07) is 14.3. The van der Waals surface area contributed by atoms with Gasteiger partial charge in [-0.25, -0.2) is 4.98 Å². The van der Waals surface area contributed by atoms with Crippen LogP contribution in [-0.2, 0) is 23.1 Å². The summed E-state index contributed by atoms with van der Waals surface area (Å²) in [5.41, 5.74) is 2.37. The summed E-state index contributed by atoms with van der Waals surface area (Å²) in [6.45, 7) is 1.46. The Balaban J connectivity index is 1.80. The zero-order chi connectivity index (χ0) is 20.8. The van der Waals surface area contributed by atoms with Crippen LogP contribution in [0.2, 0.25) is 0 Å². The number of para-hydroxylation sites is 1. The van der Waals surface area contributed by atoms with E-state index in [1.165, 1.54) is 6.92 Å². The van der Waals surface area contributed by atoms with Crippen molar-refractivity contribution in [2.75, 3.05) is 12.4 Å². The molecular weight excluding hydrogens is 368 g/mol. The minimum Gasteiger partial charge on any atom is -0.496 e. The lowest BCUT2D eigenvalue weighted by Crippen LogP contribution is -2.32. The molecule has 0 fully saturated rings. The van der Waals surface area contributed by atoms with E-state index >= 15 is 0 Å². The van der Waals surface area contributed by atoms with E-state index in [0.29, 0.717) is 17.3 Å². The van der Waals surface area contributed by atoms with Gasteiger partial charge in [0.15, 0.2) is 0 Å². The van der Waals surface area contributed by atoms with Crippen molar-refractivity contribution < 1.29 is 14.3 Å². The largest absolute Gasteiger partial charge is 0.496 e. The highest BCUT2D eigenvalue weighted by Gasteiger charge is 2.23. The molecule has 2 N–H and O–H groups in total. The molecule has 0 bridgehead atoms. The lowest BCUT2D eigenvalue weighted by Gasteiger charge is -2.21. The molecule has 29 heavy (non-hydrogen) atoms. The molecule has 1 atom stereocenters. The highest BCUT2D eigenvalue weighted by molar-refractivity contribution is 5.88. The first-order valence-electron chi connectivity index (χ1n) is 9.24. The van der Waals surface area contributed by atoms with Crippen LogP contribution in [0.1, 0.15) is 29.9 Å². The number of rotatable bonds is 7. The van der Waals surface area contributed by atoms with Gasteiger partial charge in [-0.1, -0.05) is 30.3 Å². The van der Waals surface area contributed by atoms with E-state index in [2.05, 4.69) is 15.6 Å². The van der Waals surface area contributed by atoms with Crippen molar-refractivity contribution in [2.24, 2.45) is 7.05 Å². The molecule has 0 aliphatic heterocycles. The number of carbonyl (C=O) groups is 2. The average molecular weight is 392 g/mol. The number of carbonyl (C=O) groups excluding carboxylic acids is 2. The fourth-order valence-corrected chi connectivity index (χ4v) is 3.15. The first kappa shape index (κ1) is 20.1. The van der Waals surface area contributed by atoms with Gasteiger partial charge in [0.25, 0.3) is 0 Å². The third-order valence-electron chi connectivity index (χ3n) is 4.51. The lowest BCUT2D eigenvalue weighted by molar-refractivity contribution is -0.121. The van der Waals surface area contributed by atoms with Gasteiger partial charge < -0.3 is 19.9 Å². The number of hydrogen-bond acceptors (Lipinski definition) is 4. The lowest BCUT2D eigenvalue weighted by atomic mass is 10.0. The molecule has 3 aromatic rings. The van der Waals surface area contributed by atoms with Gasteiger partial charge in [-0.05, 0) is 23.8 Å². The average Bonchev–Trinajstić information content (AvgIpc) is 3.13. The monoisotopic (exact) mass is 392 g/mol. The maximum absolute atomic E-state index is 12.8. The number of anilines is 1. The first-order chi connectivity index (χ1) is 14.0. The quantitative estimate of drug-likeness (QED) is 0.647. The number of aromatic nitrogens is 2. The second-order valence-corrected chi connectivity index (χ2v) is 6.69. The number of hydrogen-bond donors (Lipinski definition) is 2. The molecule has 0 radical (unpaired) electrons. The minimum atomic E-state index is -0.447. The molecule has 150 valence electrons. The molecule has 0 saturated carbocycles.